The zero-order chi connectivity index (χ0) is 14.8. The summed E-state index contributed by atoms with van der Waals surface area (Å²) in [6, 6.07) is 2.59. The van der Waals surface area contributed by atoms with Crippen molar-refractivity contribution in [3.05, 3.63) is 28.6 Å². The van der Waals surface area contributed by atoms with Gasteiger partial charge >= 0.3 is 0 Å². The molecule has 1 saturated carbocycles. The van der Waals surface area contributed by atoms with E-state index in [2.05, 4.69) is 51.0 Å². The summed E-state index contributed by atoms with van der Waals surface area (Å²) in [7, 11) is 0. The van der Waals surface area contributed by atoms with Crippen LogP contribution in [0.3, 0.4) is 0 Å². The molecule has 0 saturated heterocycles. The van der Waals surface area contributed by atoms with Crippen molar-refractivity contribution >= 4 is 0 Å². The molecule has 1 aliphatic carbocycles. The van der Waals surface area contributed by atoms with Gasteiger partial charge < -0.3 is 5.32 Å². The van der Waals surface area contributed by atoms with Crippen LogP contribution in [-0.4, -0.2) is 11.5 Å². The van der Waals surface area contributed by atoms with Crippen molar-refractivity contribution in [2.24, 2.45) is 5.41 Å². The summed E-state index contributed by atoms with van der Waals surface area (Å²) in [4.78, 5) is 4.63. The Morgan fingerprint density at radius 3 is 2.45 bits per heavy atom. The van der Waals surface area contributed by atoms with Crippen molar-refractivity contribution < 1.29 is 0 Å². The lowest BCUT2D eigenvalue weighted by Gasteiger charge is -2.35. The fourth-order valence-electron chi connectivity index (χ4n) is 3.77. The van der Waals surface area contributed by atoms with Crippen LogP contribution in [0.5, 0.6) is 0 Å². The van der Waals surface area contributed by atoms with Gasteiger partial charge in [0, 0.05) is 24.0 Å². The highest BCUT2D eigenvalue weighted by molar-refractivity contribution is 5.33. The molecule has 20 heavy (non-hydrogen) atoms. The minimum atomic E-state index is 0.391. The van der Waals surface area contributed by atoms with Crippen LogP contribution in [0.15, 0.2) is 6.07 Å². The molecule has 0 bridgehead atoms. The Morgan fingerprint density at radius 1 is 1.20 bits per heavy atom. The number of hydrogen-bond donors (Lipinski definition) is 1. The van der Waals surface area contributed by atoms with Gasteiger partial charge in [0.2, 0.25) is 0 Å². The van der Waals surface area contributed by atoms with Gasteiger partial charge in [0.25, 0.3) is 0 Å². The van der Waals surface area contributed by atoms with Crippen LogP contribution < -0.4 is 5.32 Å². The number of nitrogens with zero attached hydrogens (tertiary/aromatic N) is 1. The van der Waals surface area contributed by atoms with Crippen LogP contribution in [0.2, 0.25) is 0 Å². The standard InChI is InChI=1S/C18H30N2/c1-13-11-14(2)20-16(4)17(13)15(3)19-12-18(5)9-7-6-8-10-18/h11,15,19H,6-10,12H2,1-5H3. The number of aromatic nitrogens is 1. The van der Waals surface area contributed by atoms with E-state index in [1.54, 1.807) is 0 Å². The molecule has 1 unspecified atom stereocenters. The first-order valence-corrected chi connectivity index (χ1v) is 8.09. The van der Waals surface area contributed by atoms with E-state index in [1.165, 1.54) is 48.9 Å². The highest BCUT2D eigenvalue weighted by Gasteiger charge is 2.27. The van der Waals surface area contributed by atoms with Gasteiger partial charge in [-0.3, -0.25) is 4.98 Å². The van der Waals surface area contributed by atoms with E-state index in [9.17, 15) is 0 Å². The van der Waals surface area contributed by atoms with Gasteiger partial charge in [-0.15, -0.1) is 0 Å². The fourth-order valence-corrected chi connectivity index (χ4v) is 3.77. The molecule has 1 fully saturated rings. The average Bonchev–Trinajstić information content (AvgIpc) is 2.36. The van der Waals surface area contributed by atoms with E-state index in [-0.39, 0.29) is 0 Å². The molecule has 112 valence electrons. The molecule has 1 aromatic rings. The zero-order valence-electron chi connectivity index (χ0n) is 13.8. The molecule has 2 nitrogen and oxygen atoms in total. The van der Waals surface area contributed by atoms with E-state index in [4.69, 9.17) is 0 Å². The molecule has 1 N–H and O–H groups in total. The molecule has 0 radical (unpaired) electrons. The maximum atomic E-state index is 4.63. The number of nitrogens with one attached hydrogen (secondary N) is 1. The third-order valence-corrected chi connectivity index (χ3v) is 4.91. The lowest BCUT2D eigenvalue weighted by Crippen LogP contribution is -2.35. The molecule has 1 atom stereocenters. The van der Waals surface area contributed by atoms with Crippen molar-refractivity contribution in [3.8, 4) is 0 Å². The maximum Gasteiger partial charge on any atom is 0.0426 e. The van der Waals surface area contributed by atoms with Gasteiger partial charge in [-0.1, -0.05) is 26.2 Å². The molecule has 2 rings (SSSR count). The van der Waals surface area contributed by atoms with Gasteiger partial charge in [0.1, 0.15) is 0 Å². The molecular weight excluding hydrogens is 244 g/mol. The van der Waals surface area contributed by atoms with E-state index in [1.807, 2.05) is 0 Å². The maximum absolute atomic E-state index is 4.63. The predicted octanol–water partition coefficient (Wildman–Crippen LogP) is 4.63. The van der Waals surface area contributed by atoms with Crippen molar-refractivity contribution in [1.82, 2.24) is 10.3 Å². The summed E-state index contributed by atoms with van der Waals surface area (Å²) in [5.74, 6) is 0. The molecule has 1 heterocycles. The monoisotopic (exact) mass is 274 g/mol. The van der Waals surface area contributed by atoms with Crippen LogP contribution in [-0.2, 0) is 0 Å². The molecule has 0 amide bonds. The summed E-state index contributed by atoms with van der Waals surface area (Å²) in [5, 5.41) is 3.77. The average molecular weight is 274 g/mol. The van der Waals surface area contributed by atoms with Crippen LogP contribution in [0.1, 0.15) is 74.5 Å². The van der Waals surface area contributed by atoms with Gasteiger partial charge in [-0.05, 0) is 63.1 Å². The van der Waals surface area contributed by atoms with Gasteiger partial charge in [0.05, 0.1) is 0 Å². The molecule has 2 heteroatoms. The van der Waals surface area contributed by atoms with E-state index < -0.39 is 0 Å². The summed E-state index contributed by atoms with van der Waals surface area (Å²) in [6.07, 6.45) is 6.96. The second kappa shape index (κ2) is 6.26. The van der Waals surface area contributed by atoms with Gasteiger partial charge in [0.15, 0.2) is 0 Å². The summed E-state index contributed by atoms with van der Waals surface area (Å²) in [6.45, 7) is 12.3. The van der Waals surface area contributed by atoms with Crippen LogP contribution in [0, 0.1) is 26.2 Å². The molecule has 1 aliphatic rings. The number of hydrogen-bond acceptors (Lipinski definition) is 2. The topological polar surface area (TPSA) is 24.9 Å². The Kier molecular flexibility index (Phi) is 4.85. The highest BCUT2D eigenvalue weighted by Crippen LogP contribution is 2.35. The SMILES string of the molecule is Cc1cc(C)c(C(C)NCC2(C)CCCCC2)c(C)n1. The number of aryl methyl sites for hydroxylation is 3. The van der Waals surface area contributed by atoms with E-state index >= 15 is 0 Å². The van der Waals surface area contributed by atoms with Crippen molar-refractivity contribution in [1.29, 1.82) is 0 Å². The minimum absolute atomic E-state index is 0.391. The van der Waals surface area contributed by atoms with Crippen molar-refractivity contribution in [3.63, 3.8) is 0 Å². The fraction of sp³-hybridized carbons (Fsp3) is 0.722. The first kappa shape index (κ1) is 15.5. The first-order valence-electron chi connectivity index (χ1n) is 8.09. The quantitative estimate of drug-likeness (QED) is 0.866. The molecule has 0 spiro atoms. The van der Waals surface area contributed by atoms with E-state index in [0.29, 0.717) is 11.5 Å². The largest absolute Gasteiger partial charge is 0.310 e. The highest BCUT2D eigenvalue weighted by atomic mass is 14.9. The third kappa shape index (κ3) is 3.60. The molecule has 0 aliphatic heterocycles. The number of pyridine rings is 1. The number of rotatable bonds is 4. The van der Waals surface area contributed by atoms with Crippen molar-refractivity contribution in [2.75, 3.05) is 6.54 Å². The normalized spacial score (nSPS) is 19.9. The Labute approximate surface area is 124 Å². The lowest BCUT2D eigenvalue weighted by atomic mass is 9.75. The Morgan fingerprint density at radius 2 is 1.85 bits per heavy atom. The van der Waals surface area contributed by atoms with Crippen LogP contribution in [0.4, 0.5) is 0 Å². The van der Waals surface area contributed by atoms with Gasteiger partial charge in [-0.2, -0.15) is 0 Å². The Balaban J connectivity index is 2.03. The Bertz CT molecular complexity index is 435. The molecule has 1 aromatic heterocycles. The van der Waals surface area contributed by atoms with Crippen LogP contribution >= 0.6 is 0 Å². The predicted molar refractivity (Wildman–Crippen MR) is 86.1 cm³/mol. The smallest absolute Gasteiger partial charge is 0.0426 e. The lowest BCUT2D eigenvalue weighted by molar-refractivity contribution is 0.202. The third-order valence-electron chi connectivity index (χ3n) is 4.91. The summed E-state index contributed by atoms with van der Waals surface area (Å²) in [5.41, 5.74) is 5.54. The minimum Gasteiger partial charge on any atom is -0.310 e. The summed E-state index contributed by atoms with van der Waals surface area (Å²) >= 11 is 0. The zero-order valence-corrected chi connectivity index (χ0v) is 13.8. The summed E-state index contributed by atoms with van der Waals surface area (Å²) < 4.78 is 0. The second-order valence-electron chi connectivity index (χ2n) is 7.05. The second-order valence-corrected chi connectivity index (χ2v) is 7.05. The van der Waals surface area contributed by atoms with Crippen molar-refractivity contribution in [2.45, 2.75) is 72.8 Å². The Hall–Kier alpha value is -0.890. The molecular formula is C18H30N2. The van der Waals surface area contributed by atoms with E-state index in [0.717, 1.165) is 12.2 Å². The first-order chi connectivity index (χ1) is 9.41. The van der Waals surface area contributed by atoms with Crippen LogP contribution in [0.25, 0.3) is 0 Å². The molecule has 0 aromatic carbocycles. The van der Waals surface area contributed by atoms with Gasteiger partial charge in [-0.25, -0.2) is 0 Å².